The molecule has 5 nitrogen and oxygen atoms in total. The van der Waals surface area contributed by atoms with Gasteiger partial charge in [-0.3, -0.25) is 0 Å². The lowest BCUT2D eigenvalue weighted by atomic mass is 10.1. The summed E-state index contributed by atoms with van der Waals surface area (Å²) in [5.74, 6) is 1.03. The van der Waals surface area contributed by atoms with Crippen LogP contribution in [0.1, 0.15) is 23.7 Å². The molecule has 0 saturated carbocycles. The number of benzene rings is 2. The molecular weight excluding hydrogens is 306 g/mol. The highest BCUT2D eigenvalue weighted by atomic mass is 16.6. The summed E-state index contributed by atoms with van der Waals surface area (Å²) < 4.78 is 5.51. The third-order valence-electron chi connectivity index (χ3n) is 3.91. The molecule has 0 unspecified atom stereocenters. The number of aliphatic carboxylic acids is 1. The molecule has 3 rings (SSSR count). The number of fused-ring (bicyclic) bond motifs is 3. The number of alkyl carbamates (subject to hydrolysis) is 1. The number of carbonyl (C=O) groups is 2. The van der Waals surface area contributed by atoms with Crippen LogP contribution in [0.2, 0.25) is 0 Å². The number of terminal acetylenes is 1. The van der Waals surface area contributed by atoms with Crippen LogP contribution >= 0.6 is 0 Å². The van der Waals surface area contributed by atoms with Crippen molar-refractivity contribution >= 4 is 12.1 Å². The summed E-state index contributed by atoms with van der Waals surface area (Å²) in [6, 6.07) is 14.1. The molecule has 1 amide bonds. The third-order valence-corrected chi connectivity index (χ3v) is 3.91. The van der Waals surface area contributed by atoms with Gasteiger partial charge >= 0.3 is 12.1 Å². The minimum Gasteiger partial charge on any atom is -0.480 e. The number of hydrogen-bond donors (Lipinski definition) is 2. The first-order valence-electron chi connectivity index (χ1n) is 7.43. The van der Waals surface area contributed by atoms with Gasteiger partial charge in [-0.1, -0.05) is 48.5 Å². The standard InChI is InChI=1S/C19H15NO4/c1-2-7-16(18(21)22)20-19(23)24-17-14-10-5-3-8-12(14)13-9-4-6-11-15(13)17/h1,3-6,8-11,16-17H,7H2,(H,20,23)(H,21,22)/t16-/m0/s1. The number of carbonyl (C=O) groups excluding carboxylic acids is 1. The molecule has 0 fully saturated rings. The Kier molecular flexibility index (Phi) is 4.21. The van der Waals surface area contributed by atoms with Gasteiger partial charge in [-0.15, -0.1) is 12.3 Å². The Morgan fingerprint density at radius 2 is 1.67 bits per heavy atom. The molecule has 5 heteroatoms. The molecule has 0 bridgehead atoms. The van der Waals surface area contributed by atoms with Crippen LogP contribution in [0.3, 0.4) is 0 Å². The van der Waals surface area contributed by atoms with Gasteiger partial charge in [-0.2, -0.15) is 0 Å². The molecule has 0 heterocycles. The summed E-state index contributed by atoms with van der Waals surface area (Å²) in [7, 11) is 0. The first-order valence-corrected chi connectivity index (χ1v) is 7.43. The van der Waals surface area contributed by atoms with Crippen molar-refractivity contribution in [3.05, 3.63) is 59.7 Å². The van der Waals surface area contributed by atoms with Crippen molar-refractivity contribution in [3.63, 3.8) is 0 Å². The molecule has 0 aliphatic heterocycles. The molecule has 120 valence electrons. The first-order chi connectivity index (χ1) is 11.6. The van der Waals surface area contributed by atoms with Crippen molar-refractivity contribution in [3.8, 4) is 23.5 Å². The van der Waals surface area contributed by atoms with E-state index in [1.54, 1.807) is 0 Å². The smallest absolute Gasteiger partial charge is 0.408 e. The number of amides is 1. The van der Waals surface area contributed by atoms with Crippen molar-refractivity contribution in [2.45, 2.75) is 18.6 Å². The molecule has 0 spiro atoms. The number of carboxylic acids is 1. The number of rotatable bonds is 4. The Labute approximate surface area is 139 Å². The van der Waals surface area contributed by atoms with Gasteiger partial charge < -0.3 is 15.2 Å². The van der Waals surface area contributed by atoms with E-state index in [-0.39, 0.29) is 6.42 Å². The van der Waals surface area contributed by atoms with Gasteiger partial charge in [-0.25, -0.2) is 9.59 Å². The minimum atomic E-state index is -1.20. The maximum absolute atomic E-state index is 12.1. The van der Waals surface area contributed by atoms with Crippen LogP contribution in [0.4, 0.5) is 4.79 Å². The molecule has 0 saturated heterocycles. The van der Waals surface area contributed by atoms with E-state index in [0.29, 0.717) is 0 Å². The lowest BCUT2D eigenvalue weighted by molar-refractivity contribution is -0.139. The highest BCUT2D eigenvalue weighted by Crippen LogP contribution is 2.44. The third kappa shape index (κ3) is 2.82. The molecule has 1 aliphatic carbocycles. The van der Waals surface area contributed by atoms with Crippen molar-refractivity contribution in [2.75, 3.05) is 0 Å². The molecule has 1 atom stereocenters. The molecular formula is C19H15NO4. The SMILES string of the molecule is C#CC[C@H](NC(=O)OC1c2ccccc2-c2ccccc21)C(=O)O. The maximum atomic E-state index is 12.1. The van der Waals surface area contributed by atoms with Gasteiger partial charge in [0.1, 0.15) is 6.04 Å². The minimum absolute atomic E-state index is 0.109. The average molecular weight is 321 g/mol. The van der Waals surface area contributed by atoms with Crippen molar-refractivity contribution in [1.82, 2.24) is 5.32 Å². The summed E-state index contributed by atoms with van der Waals surface area (Å²) in [5, 5.41) is 11.4. The van der Waals surface area contributed by atoms with Gasteiger partial charge in [0.25, 0.3) is 0 Å². The number of nitrogens with one attached hydrogen (secondary N) is 1. The molecule has 2 aromatic rings. The Bertz CT molecular complexity index is 792. The molecule has 2 aromatic carbocycles. The van der Waals surface area contributed by atoms with Crippen molar-refractivity contribution in [2.24, 2.45) is 0 Å². The van der Waals surface area contributed by atoms with Gasteiger partial charge in [0, 0.05) is 17.5 Å². The van der Waals surface area contributed by atoms with E-state index in [1.807, 2.05) is 48.5 Å². The second kappa shape index (κ2) is 6.47. The van der Waals surface area contributed by atoms with Crippen LogP contribution in [0, 0.1) is 12.3 Å². The van der Waals surface area contributed by atoms with Crippen LogP contribution in [-0.4, -0.2) is 23.2 Å². The van der Waals surface area contributed by atoms with E-state index in [9.17, 15) is 9.59 Å². The van der Waals surface area contributed by atoms with E-state index in [4.69, 9.17) is 16.3 Å². The number of hydrogen-bond acceptors (Lipinski definition) is 3. The monoisotopic (exact) mass is 321 g/mol. The summed E-state index contributed by atoms with van der Waals surface area (Å²) in [5.41, 5.74) is 3.75. The van der Waals surface area contributed by atoms with Gasteiger partial charge in [-0.05, 0) is 11.1 Å². The normalized spacial score (nSPS) is 13.3. The highest BCUT2D eigenvalue weighted by molar-refractivity contribution is 5.82. The molecule has 2 N–H and O–H groups in total. The summed E-state index contributed by atoms with van der Waals surface area (Å²) >= 11 is 0. The fourth-order valence-corrected chi connectivity index (χ4v) is 2.84. The fourth-order valence-electron chi connectivity index (χ4n) is 2.84. The van der Waals surface area contributed by atoms with E-state index >= 15 is 0 Å². The van der Waals surface area contributed by atoms with Crippen LogP contribution in [0.5, 0.6) is 0 Å². The van der Waals surface area contributed by atoms with Crippen LogP contribution in [0.15, 0.2) is 48.5 Å². The number of ether oxygens (including phenoxy) is 1. The Morgan fingerprint density at radius 1 is 1.12 bits per heavy atom. The summed E-state index contributed by atoms with van der Waals surface area (Å²) in [4.78, 5) is 23.2. The average Bonchev–Trinajstić information content (AvgIpc) is 2.89. The van der Waals surface area contributed by atoms with Gasteiger partial charge in [0.2, 0.25) is 0 Å². The lowest BCUT2D eigenvalue weighted by Gasteiger charge is -2.17. The Morgan fingerprint density at radius 3 is 2.17 bits per heavy atom. The Balaban J connectivity index is 1.84. The van der Waals surface area contributed by atoms with Gasteiger partial charge in [0.15, 0.2) is 6.10 Å². The quantitative estimate of drug-likeness (QED) is 0.849. The number of carboxylic acid groups (broad SMARTS) is 1. The summed E-state index contributed by atoms with van der Waals surface area (Å²) in [6.45, 7) is 0. The zero-order chi connectivity index (χ0) is 17.1. The lowest BCUT2D eigenvalue weighted by Crippen LogP contribution is -2.41. The van der Waals surface area contributed by atoms with Crippen LogP contribution in [-0.2, 0) is 9.53 Å². The predicted octanol–water partition coefficient (Wildman–Crippen LogP) is 2.96. The van der Waals surface area contributed by atoms with E-state index in [2.05, 4.69) is 11.2 Å². The van der Waals surface area contributed by atoms with Crippen LogP contribution < -0.4 is 5.32 Å². The van der Waals surface area contributed by atoms with E-state index < -0.39 is 24.2 Å². The zero-order valence-electron chi connectivity index (χ0n) is 12.7. The summed E-state index contributed by atoms with van der Waals surface area (Å²) in [6.07, 6.45) is 3.64. The van der Waals surface area contributed by atoms with Crippen LogP contribution in [0.25, 0.3) is 11.1 Å². The second-order valence-corrected chi connectivity index (χ2v) is 5.40. The molecule has 0 aromatic heterocycles. The van der Waals surface area contributed by atoms with E-state index in [0.717, 1.165) is 22.3 Å². The molecule has 0 radical (unpaired) electrons. The van der Waals surface area contributed by atoms with E-state index in [1.165, 1.54) is 0 Å². The molecule has 24 heavy (non-hydrogen) atoms. The first kappa shape index (κ1) is 15.6. The topological polar surface area (TPSA) is 75.6 Å². The molecule has 1 aliphatic rings. The van der Waals surface area contributed by atoms with Crippen molar-refractivity contribution in [1.29, 1.82) is 0 Å². The van der Waals surface area contributed by atoms with Gasteiger partial charge in [0.05, 0.1) is 0 Å². The second-order valence-electron chi connectivity index (χ2n) is 5.40. The van der Waals surface area contributed by atoms with Crippen molar-refractivity contribution < 1.29 is 19.4 Å². The highest BCUT2D eigenvalue weighted by Gasteiger charge is 2.32. The zero-order valence-corrected chi connectivity index (χ0v) is 12.7. The maximum Gasteiger partial charge on any atom is 0.408 e. The Hall–Kier alpha value is -3.26. The fraction of sp³-hybridized carbons (Fsp3) is 0.158. The predicted molar refractivity (Wildman–Crippen MR) is 88.2 cm³/mol. The largest absolute Gasteiger partial charge is 0.480 e.